The predicted octanol–water partition coefficient (Wildman–Crippen LogP) is 3.38. The van der Waals surface area contributed by atoms with Crippen LogP contribution in [0.3, 0.4) is 0 Å². The first-order valence-corrected chi connectivity index (χ1v) is 7.80. The molecule has 0 aliphatic heterocycles. The maximum atomic E-state index is 6.23. The summed E-state index contributed by atoms with van der Waals surface area (Å²) in [6.45, 7) is 7.44. The summed E-state index contributed by atoms with van der Waals surface area (Å²) in [5.41, 5.74) is 3.05. The average molecular weight is 256 g/mol. The number of ether oxygens (including phenoxy) is 1. The molecule has 0 saturated heterocycles. The van der Waals surface area contributed by atoms with E-state index in [1.54, 1.807) is 0 Å². The Morgan fingerprint density at radius 3 is 2.22 bits per heavy atom. The van der Waals surface area contributed by atoms with Gasteiger partial charge in [-0.25, -0.2) is 0 Å². The first kappa shape index (κ1) is 15.9. The van der Waals surface area contributed by atoms with E-state index in [2.05, 4.69) is 26.2 Å². The van der Waals surface area contributed by atoms with Gasteiger partial charge in [-0.15, -0.1) is 0 Å². The zero-order valence-electron chi connectivity index (χ0n) is 12.5. The van der Waals surface area contributed by atoms with Gasteiger partial charge in [-0.05, 0) is 32.1 Å². The molecule has 1 fully saturated rings. The summed E-state index contributed by atoms with van der Waals surface area (Å²) < 4.78 is 6.23. The fourth-order valence-corrected chi connectivity index (χ4v) is 3.62. The highest BCUT2D eigenvalue weighted by Gasteiger charge is 2.41. The maximum absolute atomic E-state index is 6.23. The molecule has 2 atom stereocenters. The van der Waals surface area contributed by atoms with Gasteiger partial charge in [0.15, 0.2) is 0 Å². The molecule has 1 rings (SSSR count). The van der Waals surface area contributed by atoms with Crippen molar-refractivity contribution in [3.05, 3.63) is 0 Å². The lowest BCUT2D eigenvalue weighted by Gasteiger charge is -2.43. The molecule has 0 bridgehead atoms. The van der Waals surface area contributed by atoms with Crippen molar-refractivity contribution in [2.45, 2.75) is 83.8 Å². The standard InChI is InChI=1S/C15H32N2O/c1-4-10-13(3)14(17-16)15(18-5-2)11-8-6-7-9-12-15/h13-14,17H,4-12,16H2,1-3H3. The van der Waals surface area contributed by atoms with Crippen molar-refractivity contribution in [2.75, 3.05) is 6.61 Å². The second-order valence-corrected chi connectivity index (χ2v) is 5.82. The Hall–Kier alpha value is -0.120. The van der Waals surface area contributed by atoms with Gasteiger partial charge in [0.05, 0.1) is 11.6 Å². The molecule has 3 heteroatoms. The molecule has 0 aromatic rings. The molecule has 0 aromatic carbocycles. The van der Waals surface area contributed by atoms with Gasteiger partial charge in [-0.3, -0.25) is 11.3 Å². The minimum Gasteiger partial charge on any atom is -0.374 e. The molecule has 0 heterocycles. The van der Waals surface area contributed by atoms with E-state index in [0.717, 1.165) is 19.4 Å². The van der Waals surface area contributed by atoms with Gasteiger partial charge < -0.3 is 4.74 Å². The van der Waals surface area contributed by atoms with Gasteiger partial charge >= 0.3 is 0 Å². The molecule has 108 valence electrons. The molecular weight excluding hydrogens is 224 g/mol. The molecule has 18 heavy (non-hydrogen) atoms. The van der Waals surface area contributed by atoms with Crippen molar-refractivity contribution in [3.63, 3.8) is 0 Å². The van der Waals surface area contributed by atoms with E-state index in [0.29, 0.717) is 5.92 Å². The molecule has 2 unspecified atom stereocenters. The van der Waals surface area contributed by atoms with E-state index in [4.69, 9.17) is 10.6 Å². The number of nitrogens with two attached hydrogens (primary N) is 1. The van der Waals surface area contributed by atoms with Crippen molar-refractivity contribution < 1.29 is 4.74 Å². The van der Waals surface area contributed by atoms with Crippen molar-refractivity contribution >= 4 is 0 Å². The third-order valence-electron chi connectivity index (χ3n) is 4.44. The summed E-state index contributed by atoms with van der Waals surface area (Å²) in [5.74, 6) is 6.45. The van der Waals surface area contributed by atoms with E-state index in [1.165, 1.54) is 38.5 Å². The summed E-state index contributed by atoms with van der Waals surface area (Å²) in [6, 6.07) is 0.287. The maximum Gasteiger partial charge on any atom is 0.0850 e. The van der Waals surface area contributed by atoms with Crippen LogP contribution in [0.2, 0.25) is 0 Å². The molecule has 1 aliphatic carbocycles. The number of hydrogen-bond acceptors (Lipinski definition) is 3. The second-order valence-electron chi connectivity index (χ2n) is 5.82. The van der Waals surface area contributed by atoms with Crippen molar-refractivity contribution in [2.24, 2.45) is 11.8 Å². The van der Waals surface area contributed by atoms with Gasteiger partial charge in [0, 0.05) is 6.61 Å². The van der Waals surface area contributed by atoms with E-state index < -0.39 is 0 Å². The summed E-state index contributed by atoms with van der Waals surface area (Å²) in [4.78, 5) is 0. The quantitative estimate of drug-likeness (QED) is 0.417. The van der Waals surface area contributed by atoms with Crippen LogP contribution in [0.5, 0.6) is 0 Å². The first-order chi connectivity index (χ1) is 8.70. The van der Waals surface area contributed by atoms with Crippen LogP contribution in [-0.4, -0.2) is 18.2 Å². The Labute approximate surface area is 113 Å². The Morgan fingerprint density at radius 1 is 1.17 bits per heavy atom. The van der Waals surface area contributed by atoms with Crippen molar-refractivity contribution in [1.82, 2.24) is 5.43 Å². The molecule has 0 amide bonds. The van der Waals surface area contributed by atoms with Crippen LogP contribution in [0.1, 0.15) is 72.1 Å². The van der Waals surface area contributed by atoms with Crippen LogP contribution < -0.4 is 11.3 Å². The number of hydrogen-bond donors (Lipinski definition) is 2. The van der Waals surface area contributed by atoms with E-state index >= 15 is 0 Å². The minimum atomic E-state index is -0.0331. The van der Waals surface area contributed by atoms with E-state index in [9.17, 15) is 0 Å². The summed E-state index contributed by atoms with van der Waals surface area (Å²) >= 11 is 0. The van der Waals surface area contributed by atoms with Crippen LogP contribution in [0.15, 0.2) is 0 Å². The molecule has 0 spiro atoms. The fraction of sp³-hybridized carbons (Fsp3) is 1.00. The predicted molar refractivity (Wildman–Crippen MR) is 77.2 cm³/mol. The Kier molecular flexibility index (Phi) is 7.20. The highest BCUT2D eigenvalue weighted by atomic mass is 16.5. The third kappa shape index (κ3) is 3.94. The molecule has 1 aliphatic rings. The van der Waals surface area contributed by atoms with Gasteiger partial charge in [-0.1, -0.05) is 46.0 Å². The lowest BCUT2D eigenvalue weighted by atomic mass is 9.78. The van der Waals surface area contributed by atoms with Gasteiger partial charge in [0.1, 0.15) is 0 Å². The Morgan fingerprint density at radius 2 is 1.78 bits per heavy atom. The summed E-state index contributed by atoms with van der Waals surface area (Å²) in [6.07, 6.45) is 9.97. The van der Waals surface area contributed by atoms with E-state index in [1.807, 2.05) is 0 Å². The summed E-state index contributed by atoms with van der Waals surface area (Å²) in [5, 5.41) is 0. The number of rotatable bonds is 7. The van der Waals surface area contributed by atoms with Gasteiger partial charge in [-0.2, -0.15) is 0 Å². The van der Waals surface area contributed by atoms with Crippen LogP contribution >= 0.6 is 0 Å². The normalized spacial score (nSPS) is 23.3. The molecule has 1 saturated carbocycles. The Bertz CT molecular complexity index is 213. The highest BCUT2D eigenvalue weighted by Crippen LogP contribution is 2.36. The zero-order chi connectivity index (χ0) is 13.4. The second kappa shape index (κ2) is 8.13. The lowest BCUT2D eigenvalue weighted by Crippen LogP contribution is -2.58. The van der Waals surface area contributed by atoms with Gasteiger partial charge in [0.2, 0.25) is 0 Å². The topological polar surface area (TPSA) is 47.3 Å². The van der Waals surface area contributed by atoms with E-state index in [-0.39, 0.29) is 11.6 Å². The van der Waals surface area contributed by atoms with Crippen LogP contribution in [0.25, 0.3) is 0 Å². The average Bonchev–Trinajstić information content (AvgIpc) is 2.57. The minimum absolute atomic E-state index is 0.0331. The lowest BCUT2D eigenvalue weighted by molar-refractivity contribution is -0.0893. The summed E-state index contributed by atoms with van der Waals surface area (Å²) in [7, 11) is 0. The molecule has 0 radical (unpaired) electrons. The SMILES string of the molecule is CCCC(C)C(NN)C1(OCC)CCCCCC1. The van der Waals surface area contributed by atoms with Crippen molar-refractivity contribution in [3.8, 4) is 0 Å². The smallest absolute Gasteiger partial charge is 0.0850 e. The molecule has 3 N–H and O–H groups in total. The van der Waals surface area contributed by atoms with Crippen LogP contribution in [0, 0.1) is 5.92 Å². The molecular formula is C15H32N2O. The third-order valence-corrected chi connectivity index (χ3v) is 4.44. The van der Waals surface area contributed by atoms with Gasteiger partial charge in [0.25, 0.3) is 0 Å². The Balaban J connectivity index is 2.83. The van der Waals surface area contributed by atoms with Crippen LogP contribution in [0.4, 0.5) is 0 Å². The fourth-order valence-electron chi connectivity index (χ4n) is 3.62. The monoisotopic (exact) mass is 256 g/mol. The van der Waals surface area contributed by atoms with Crippen molar-refractivity contribution in [1.29, 1.82) is 0 Å². The molecule has 3 nitrogen and oxygen atoms in total. The number of nitrogens with one attached hydrogen (secondary N) is 1. The molecule has 0 aromatic heterocycles. The first-order valence-electron chi connectivity index (χ1n) is 7.80. The largest absolute Gasteiger partial charge is 0.374 e. The van der Waals surface area contributed by atoms with Crippen LogP contribution in [-0.2, 0) is 4.74 Å². The number of hydrazine groups is 1. The zero-order valence-corrected chi connectivity index (χ0v) is 12.5. The highest BCUT2D eigenvalue weighted by molar-refractivity contribution is 4.96.